The number of hydrogen-bond donors (Lipinski definition) is 1. The number of nitrogens with zero attached hydrogens (tertiary/aromatic N) is 3. The van der Waals surface area contributed by atoms with Crippen LogP contribution in [0.2, 0.25) is 0 Å². The molecule has 0 radical (unpaired) electrons. The molecule has 2 aromatic rings. The lowest BCUT2D eigenvalue weighted by Crippen LogP contribution is -2.42. The van der Waals surface area contributed by atoms with Crippen molar-refractivity contribution in [3.63, 3.8) is 0 Å². The predicted molar refractivity (Wildman–Crippen MR) is 89.2 cm³/mol. The summed E-state index contributed by atoms with van der Waals surface area (Å²) in [5.74, 6) is -0.528. The van der Waals surface area contributed by atoms with E-state index in [0.29, 0.717) is 18.5 Å². The third-order valence-electron chi connectivity index (χ3n) is 4.34. The van der Waals surface area contributed by atoms with Crippen molar-refractivity contribution in [3.8, 4) is 6.07 Å². The first-order valence-electron chi connectivity index (χ1n) is 7.93. The number of nitrogens with one attached hydrogen (secondary N) is 1. The number of carbonyl (C=O) groups excluding carboxylic acids is 2. The third kappa shape index (κ3) is 2.93. The molecular weight excluding hydrogens is 304 g/mol. The molecule has 6 nitrogen and oxygen atoms in total. The Hall–Kier alpha value is -2.94. The van der Waals surface area contributed by atoms with E-state index in [1.54, 1.807) is 12.3 Å². The van der Waals surface area contributed by atoms with E-state index in [2.05, 4.69) is 16.4 Å². The minimum atomic E-state index is -0.376. The quantitative estimate of drug-likeness (QED) is 0.933. The van der Waals surface area contributed by atoms with Crippen LogP contribution in [0.15, 0.2) is 30.5 Å². The summed E-state index contributed by atoms with van der Waals surface area (Å²) in [5.41, 5.74) is 2.21. The lowest BCUT2D eigenvalue weighted by Gasteiger charge is -2.19. The number of fused-ring (bicyclic) bond motifs is 1. The highest BCUT2D eigenvalue weighted by Crippen LogP contribution is 2.21. The Kier molecular flexibility index (Phi) is 4.43. The maximum Gasteiger partial charge on any atom is 0.252 e. The number of pyridine rings is 1. The first-order valence-corrected chi connectivity index (χ1v) is 7.93. The third-order valence-corrected chi connectivity index (χ3v) is 4.34. The molecular formula is C18H18N4O2. The summed E-state index contributed by atoms with van der Waals surface area (Å²) in [4.78, 5) is 30.5. The van der Waals surface area contributed by atoms with Gasteiger partial charge in [0.15, 0.2) is 0 Å². The lowest BCUT2D eigenvalue weighted by molar-refractivity contribution is -0.130. The fraction of sp³-hybridized carbons (Fsp3) is 0.333. The number of hydrogen-bond acceptors (Lipinski definition) is 4. The molecule has 1 unspecified atom stereocenters. The standard InChI is InChI=1S/C18H18N4O2/c1-12-4-2-6-15-17(12)14(7-8-20-15)18(24)21-11-16(23)22-9-3-5-13(22)10-19/h2,4,6-8,13H,3,5,9,11H2,1H3,(H,21,24). The number of carbonyl (C=O) groups is 2. The van der Waals surface area contributed by atoms with Gasteiger partial charge in [-0.3, -0.25) is 14.6 Å². The first-order chi connectivity index (χ1) is 11.6. The van der Waals surface area contributed by atoms with Crippen LogP contribution < -0.4 is 5.32 Å². The van der Waals surface area contributed by atoms with Gasteiger partial charge in [0, 0.05) is 18.1 Å². The minimum Gasteiger partial charge on any atom is -0.343 e. The fourth-order valence-electron chi connectivity index (χ4n) is 3.13. The van der Waals surface area contributed by atoms with Gasteiger partial charge < -0.3 is 10.2 Å². The second kappa shape index (κ2) is 6.67. The number of aromatic nitrogens is 1. The number of rotatable bonds is 3. The van der Waals surface area contributed by atoms with E-state index in [4.69, 9.17) is 5.26 Å². The Morgan fingerprint density at radius 1 is 1.42 bits per heavy atom. The van der Waals surface area contributed by atoms with Crippen LogP contribution in [-0.4, -0.2) is 40.8 Å². The molecule has 6 heteroatoms. The Morgan fingerprint density at radius 3 is 3.04 bits per heavy atom. The maximum atomic E-state index is 12.5. The van der Waals surface area contributed by atoms with Crippen LogP contribution in [0.25, 0.3) is 10.9 Å². The summed E-state index contributed by atoms with van der Waals surface area (Å²) < 4.78 is 0. The molecule has 1 fully saturated rings. The van der Waals surface area contributed by atoms with E-state index in [1.807, 2.05) is 25.1 Å². The van der Waals surface area contributed by atoms with Crippen LogP contribution in [-0.2, 0) is 4.79 Å². The van der Waals surface area contributed by atoms with Crippen molar-refractivity contribution in [1.29, 1.82) is 5.26 Å². The van der Waals surface area contributed by atoms with Crippen LogP contribution in [0.1, 0.15) is 28.8 Å². The molecule has 24 heavy (non-hydrogen) atoms. The highest BCUT2D eigenvalue weighted by Gasteiger charge is 2.28. The molecule has 0 aliphatic carbocycles. The molecule has 2 heterocycles. The van der Waals surface area contributed by atoms with Crippen LogP contribution in [0, 0.1) is 18.3 Å². The molecule has 0 saturated carbocycles. The monoisotopic (exact) mass is 322 g/mol. The number of likely N-dealkylation sites (tertiary alicyclic amines) is 1. The van der Waals surface area contributed by atoms with E-state index >= 15 is 0 Å². The molecule has 122 valence electrons. The van der Waals surface area contributed by atoms with Gasteiger partial charge in [-0.25, -0.2) is 0 Å². The Bertz CT molecular complexity index is 835. The zero-order chi connectivity index (χ0) is 17.1. The summed E-state index contributed by atoms with van der Waals surface area (Å²) in [6.07, 6.45) is 3.11. The largest absolute Gasteiger partial charge is 0.343 e. The summed E-state index contributed by atoms with van der Waals surface area (Å²) in [5, 5.41) is 12.5. The molecule has 1 saturated heterocycles. The van der Waals surface area contributed by atoms with Gasteiger partial charge in [0.2, 0.25) is 5.91 Å². The predicted octanol–water partition coefficient (Wildman–Crippen LogP) is 1.79. The van der Waals surface area contributed by atoms with Gasteiger partial charge in [-0.15, -0.1) is 0 Å². The number of aryl methyl sites for hydroxylation is 1. The lowest BCUT2D eigenvalue weighted by atomic mass is 10.0. The second-order valence-corrected chi connectivity index (χ2v) is 5.88. The topological polar surface area (TPSA) is 86.1 Å². The summed E-state index contributed by atoms with van der Waals surface area (Å²) >= 11 is 0. The van der Waals surface area contributed by atoms with Gasteiger partial charge in [0.05, 0.1) is 23.7 Å². The van der Waals surface area contributed by atoms with E-state index in [0.717, 1.165) is 22.9 Å². The second-order valence-electron chi connectivity index (χ2n) is 5.88. The van der Waals surface area contributed by atoms with E-state index in [-0.39, 0.29) is 24.4 Å². The number of benzene rings is 1. The smallest absolute Gasteiger partial charge is 0.252 e. The highest BCUT2D eigenvalue weighted by atomic mass is 16.2. The molecule has 0 bridgehead atoms. The van der Waals surface area contributed by atoms with Crippen molar-refractivity contribution >= 4 is 22.7 Å². The summed E-state index contributed by atoms with van der Waals surface area (Å²) in [7, 11) is 0. The van der Waals surface area contributed by atoms with E-state index < -0.39 is 0 Å². The van der Waals surface area contributed by atoms with Gasteiger partial charge in [-0.2, -0.15) is 5.26 Å². The van der Waals surface area contributed by atoms with Gasteiger partial charge in [0.1, 0.15) is 6.04 Å². The Morgan fingerprint density at radius 2 is 2.25 bits per heavy atom. The number of amides is 2. The summed E-state index contributed by atoms with van der Waals surface area (Å²) in [6.45, 7) is 2.39. The van der Waals surface area contributed by atoms with Crippen LogP contribution in [0.5, 0.6) is 0 Å². The first kappa shape index (κ1) is 15.9. The van der Waals surface area contributed by atoms with Crippen LogP contribution >= 0.6 is 0 Å². The molecule has 1 N–H and O–H groups in total. The highest BCUT2D eigenvalue weighted by molar-refractivity contribution is 6.07. The van der Waals surface area contributed by atoms with Crippen LogP contribution in [0.4, 0.5) is 0 Å². The van der Waals surface area contributed by atoms with Gasteiger partial charge in [-0.1, -0.05) is 12.1 Å². The molecule has 3 rings (SSSR count). The van der Waals surface area contributed by atoms with Crippen molar-refractivity contribution in [1.82, 2.24) is 15.2 Å². The molecule has 0 spiro atoms. The summed E-state index contributed by atoms with van der Waals surface area (Å²) in [6, 6.07) is 9.08. The van der Waals surface area contributed by atoms with E-state index in [9.17, 15) is 9.59 Å². The van der Waals surface area contributed by atoms with Crippen molar-refractivity contribution in [2.45, 2.75) is 25.8 Å². The SMILES string of the molecule is Cc1cccc2nccc(C(=O)NCC(=O)N3CCCC3C#N)c12. The maximum absolute atomic E-state index is 12.5. The Balaban J connectivity index is 1.74. The van der Waals surface area contributed by atoms with Crippen molar-refractivity contribution in [2.24, 2.45) is 0 Å². The normalized spacial score (nSPS) is 16.8. The molecule has 2 amide bonds. The number of nitriles is 1. The fourth-order valence-corrected chi connectivity index (χ4v) is 3.13. The molecule has 1 aliphatic heterocycles. The van der Waals surface area contributed by atoms with Gasteiger partial charge in [0.25, 0.3) is 5.91 Å². The van der Waals surface area contributed by atoms with Crippen molar-refractivity contribution in [2.75, 3.05) is 13.1 Å². The molecule has 1 aromatic heterocycles. The molecule has 1 aromatic carbocycles. The minimum absolute atomic E-state index is 0.104. The van der Waals surface area contributed by atoms with Crippen molar-refractivity contribution in [3.05, 3.63) is 41.6 Å². The zero-order valence-electron chi connectivity index (χ0n) is 13.5. The molecule has 1 atom stereocenters. The Labute approximate surface area is 140 Å². The van der Waals surface area contributed by atoms with Crippen molar-refractivity contribution < 1.29 is 9.59 Å². The van der Waals surface area contributed by atoms with Crippen LogP contribution in [0.3, 0.4) is 0 Å². The zero-order valence-corrected chi connectivity index (χ0v) is 13.5. The average molecular weight is 322 g/mol. The van der Waals surface area contributed by atoms with E-state index in [1.165, 1.54) is 4.90 Å². The average Bonchev–Trinajstić information content (AvgIpc) is 3.08. The molecule has 1 aliphatic rings. The van der Waals surface area contributed by atoms with Gasteiger partial charge >= 0.3 is 0 Å². The van der Waals surface area contributed by atoms with Gasteiger partial charge in [-0.05, 0) is 37.5 Å².